The van der Waals surface area contributed by atoms with Crippen molar-refractivity contribution in [2.45, 2.75) is 105 Å². The van der Waals surface area contributed by atoms with Crippen LogP contribution in [-0.2, 0) is 14.4 Å². The van der Waals surface area contributed by atoms with E-state index >= 15 is 0 Å². The zero-order chi connectivity index (χ0) is 26.0. The Balaban J connectivity index is 1.84. The predicted octanol–water partition coefficient (Wildman–Crippen LogP) is 5.17. The van der Waals surface area contributed by atoms with Crippen LogP contribution < -0.4 is 0 Å². The van der Waals surface area contributed by atoms with Gasteiger partial charge in [0.05, 0.1) is 0 Å². The summed E-state index contributed by atoms with van der Waals surface area (Å²) in [4.78, 5) is 42.9. The molecular formula is C27H42N4O4. The van der Waals surface area contributed by atoms with E-state index in [4.69, 9.17) is 4.42 Å². The number of amides is 2. The average Bonchev–Trinajstić information content (AvgIpc) is 3.36. The number of rotatable bonds is 8. The van der Waals surface area contributed by atoms with Crippen LogP contribution >= 0.6 is 0 Å². The van der Waals surface area contributed by atoms with Crippen molar-refractivity contribution in [3.63, 3.8) is 0 Å². The second-order valence-electron chi connectivity index (χ2n) is 11.3. The first-order chi connectivity index (χ1) is 16.4. The minimum Gasteiger partial charge on any atom is -0.421 e. The van der Waals surface area contributed by atoms with Gasteiger partial charge in [0.2, 0.25) is 23.5 Å². The number of nitrogens with zero attached hydrogens (tertiary/aromatic N) is 4. The summed E-state index contributed by atoms with van der Waals surface area (Å²) in [6.45, 7) is 16.9. The highest BCUT2D eigenvalue weighted by Gasteiger charge is 2.41. The van der Waals surface area contributed by atoms with Gasteiger partial charge in [-0.25, -0.2) is 0 Å². The highest BCUT2D eigenvalue weighted by atomic mass is 16.4. The van der Waals surface area contributed by atoms with Crippen LogP contribution in [0.2, 0.25) is 0 Å². The van der Waals surface area contributed by atoms with Gasteiger partial charge >= 0.3 is 0 Å². The summed E-state index contributed by atoms with van der Waals surface area (Å²) in [5.41, 5.74) is -0.412. The number of hydrogen-bond acceptors (Lipinski definition) is 6. The van der Waals surface area contributed by atoms with Crippen molar-refractivity contribution in [3.8, 4) is 0 Å². The number of Topliss-reactive ketones (excluding diaryl/α,β-unsaturated/α-hetero) is 1. The number of likely N-dealkylation sites (tertiary alicyclic amines) is 2. The molecular weight excluding hydrogens is 444 g/mol. The van der Waals surface area contributed by atoms with Crippen LogP contribution in [0.3, 0.4) is 0 Å². The van der Waals surface area contributed by atoms with E-state index in [1.54, 1.807) is 18.7 Å². The van der Waals surface area contributed by atoms with E-state index in [9.17, 15) is 14.4 Å². The fraction of sp³-hybridized carbons (Fsp3) is 0.741. The van der Waals surface area contributed by atoms with Gasteiger partial charge in [0.1, 0.15) is 12.1 Å². The summed E-state index contributed by atoms with van der Waals surface area (Å²) < 4.78 is 6.16. The normalized spacial score (nSPS) is 21.7. The topological polar surface area (TPSA) is 96.6 Å². The monoisotopic (exact) mass is 486 g/mol. The minimum atomic E-state index is -0.712. The predicted molar refractivity (Wildman–Crippen MR) is 133 cm³/mol. The Labute approximate surface area is 209 Å². The summed E-state index contributed by atoms with van der Waals surface area (Å²) in [5, 5.41) is 8.64. The van der Waals surface area contributed by atoms with E-state index in [1.165, 1.54) is 0 Å². The molecule has 0 radical (unpaired) electrons. The van der Waals surface area contributed by atoms with Crippen LogP contribution in [0, 0.1) is 10.8 Å². The molecule has 1 unspecified atom stereocenters. The van der Waals surface area contributed by atoms with E-state index in [1.807, 2.05) is 25.7 Å². The summed E-state index contributed by atoms with van der Waals surface area (Å²) in [5.74, 6) is -0.182. The molecule has 3 heterocycles. The van der Waals surface area contributed by atoms with Crippen molar-refractivity contribution >= 4 is 17.6 Å². The molecule has 194 valence electrons. The molecule has 8 nitrogen and oxygen atoms in total. The van der Waals surface area contributed by atoms with Crippen molar-refractivity contribution in [2.75, 3.05) is 13.1 Å². The fourth-order valence-electron chi connectivity index (χ4n) is 4.64. The molecule has 2 aliphatic heterocycles. The first-order valence-corrected chi connectivity index (χ1v) is 13.1. The molecule has 0 bridgehead atoms. The third-order valence-corrected chi connectivity index (χ3v) is 8.21. The lowest BCUT2D eigenvalue weighted by molar-refractivity contribution is -0.152. The van der Waals surface area contributed by atoms with E-state index in [-0.39, 0.29) is 23.1 Å². The lowest BCUT2D eigenvalue weighted by atomic mass is 9.81. The number of hydrogen-bond donors (Lipinski definition) is 0. The lowest BCUT2D eigenvalue weighted by Crippen LogP contribution is -2.46. The van der Waals surface area contributed by atoms with Crippen LogP contribution in [0.5, 0.6) is 0 Å². The van der Waals surface area contributed by atoms with Crippen LogP contribution in [-0.4, -0.2) is 50.7 Å². The molecule has 1 aromatic heterocycles. The first-order valence-electron chi connectivity index (χ1n) is 13.1. The van der Waals surface area contributed by atoms with Crippen LogP contribution in [0.25, 0.3) is 0 Å². The van der Waals surface area contributed by atoms with Crippen molar-refractivity contribution in [1.29, 1.82) is 0 Å². The number of carbonyl (C=O) groups excluding carboxylic acids is 3. The van der Waals surface area contributed by atoms with Gasteiger partial charge in [0.15, 0.2) is 0 Å². The van der Waals surface area contributed by atoms with Crippen LogP contribution in [0.1, 0.15) is 117 Å². The maximum Gasteiger partial charge on any atom is 0.291 e. The fourth-order valence-corrected chi connectivity index (χ4v) is 4.64. The van der Waals surface area contributed by atoms with Crippen LogP contribution in [0.4, 0.5) is 0 Å². The molecule has 2 saturated heterocycles. The van der Waals surface area contributed by atoms with E-state index < -0.39 is 17.4 Å². The van der Waals surface area contributed by atoms with Gasteiger partial charge in [-0.15, -0.1) is 10.2 Å². The molecule has 0 aromatic carbocycles. The van der Waals surface area contributed by atoms with Gasteiger partial charge in [-0.05, 0) is 56.8 Å². The summed E-state index contributed by atoms with van der Waals surface area (Å²) in [6, 6.07) is -0.730. The number of aromatic nitrogens is 2. The zero-order valence-corrected chi connectivity index (χ0v) is 22.4. The maximum absolute atomic E-state index is 13.4. The Morgan fingerprint density at radius 3 is 1.74 bits per heavy atom. The van der Waals surface area contributed by atoms with Crippen molar-refractivity contribution in [1.82, 2.24) is 20.0 Å². The molecule has 0 spiro atoms. The van der Waals surface area contributed by atoms with Gasteiger partial charge in [-0.3, -0.25) is 14.4 Å². The van der Waals surface area contributed by atoms with Crippen LogP contribution in [0.15, 0.2) is 16.6 Å². The minimum absolute atomic E-state index is 0.0665. The number of carbonyl (C=O) groups is 3. The molecule has 3 rings (SSSR count). The second-order valence-corrected chi connectivity index (χ2v) is 11.3. The van der Waals surface area contributed by atoms with Crippen molar-refractivity contribution in [2.24, 2.45) is 10.8 Å². The molecule has 2 atom stereocenters. The van der Waals surface area contributed by atoms with Gasteiger partial charge in [0.25, 0.3) is 5.91 Å². The molecule has 0 aliphatic carbocycles. The van der Waals surface area contributed by atoms with Crippen molar-refractivity contribution in [3.05, 3.63) is 23.9 Å². The zero-order valence-electron chi connectivity index (χ0n) is 22.4. The maximum atomic E-state index is 13.4. The van der Waals surface area contributed by atoms with Gasteiger partial charge in [-0.1, -0.05) is 48.1 Å². The SMILES string of the molecule is C=C(C(=O)N1CCCCC1c1nnc([C@@H]2CCCCN2C(=O)C(=O)C(C)(C)CC)o1)C(C)(C)CC. The molecule has 0 N–H and O–H groups in total. The third-order valence-electron chi connectivity index (χ3n) is 8.21. The first kappa shape index (κ1) is 27.1. The summed E-state index contributed by atoms with van der Waals surface area (Å²) >= 11 is 0. The highest BCUT2D eigenvalue weighted by Crippen LogP contribution is 2.38. The Hall–Kier alpha value is -2.51. The Kier molecular flexibility index (Phi) is 8.22. The van der Waals surface area contributed by atoms with Gasteiger partial charge < -0.3 is 14.2 Å². The summed E-state index contributed by atoms with van der Waals surface area (Å²) in [6.07, 6.45) is 6.45. The Morgan fingerprint density at radius 2 is 1.29 bits per heavy atom. The molecule has 8 heteroatoms. The molecule has 0 saturated carbocycles. The molecule has 2 fully saturated rings. The van der Waals surface area contributed by atoms with Crippen molar-refractivity contribution < 1.29 is 18.8 Å². The summed E-state index contributed by atoms with van der Waals surface area (Å²) in [7, 11) is 0. The van der Waals surface area contributed by atoms with E-state index in [2.05, 4.69) is 23.7 Å². The Bertz CT molecular complexity index is 890. The standard InChI is InChI=1S/C27H42N4O4/c1-8-26(4,5)18(3)24(33)30-16-12-10-14-19(30)22-28-29-23(35-22)20-15-11-13-17-31(20)25(34)21(32)27(6,7)9-2/h19-20H,3,8-17H2,1-2,4-7H3/t19?,20-/m0/s1. The van der Waals surface area contributed by atoms with E-state index in [0.717, 1.165) is 38.5 Å². The van der Waals surface area contributed by atoms with Gasteiger partial charge in [0, 0.05) is 24.1 Å². The van der Waals surface area contributed by atoms with Gasteiger partial charge in [-0.2, -0.15) is 0 Å². The molecule has 35 heavy (non-hydrogen) atoms. The Morgan fingerprint density at radius 1 is 0.829 bits per heavy atom. The number of ketones is 1. The smallest absolute Gasteiger partial charge is 0.291 e. The lowest BCUT2D eigenvalue weighted by Gasteiger charge is -2.37. The quantitative estimate of drug-likeness (QED) is 0.371. The molecule has 1 aromatic rings. The highest BCUT2D eigenvalue weighted by molar-refractivity contribution is 6.38. The third kappa shape index (κ3) is 5.51. The average molecular weight is 487 g/mol. The largest absolute Gasteiger partial charge is 0.421 e. The molecule has 2 aliphatic rings. The molecule has 2 amide bonds. The number of piperidine rings is 2. The van der Waals surface area contributed by atoms with E-state index in [0.29, 0.717) is 43.3 Å². The second kappa shape index (κ2) is 10.6.